The molecule has 0 radical (unpaired) electrons. The summed E-state index contributed by atoms with van der Waals surface area (Å²) in [7, 11) is 0. The molecule has 5 nitrogen and oxygen atoms in total. The van der Waals surface area contributed by atoms with Gasteiger partial charge in [-0.2, -0.15) is 0 Å². The molecule has 1 aromatic carbocycles. The second kappa shape index (κ2) is 9.97. The fourth-order valence-corrected chi connectivity index (χ4v) is 4.63. The van der Waals surface area contributed by atoms with Gasteiger partial charge < -0.3 is 19.3 Å². The number of likely N-dealkylation sites (tertiary alicyclic amines) is 1. The molecule has 0 bridgehead atoms. The summed E-state index contributed by atoms with van der Waals surface area (Å²) in [4.78, 5) is 16.3. The number of hydrogen-bond acceptors (Lipinski definition) is 4. The first-order valence-electron chi connectivity index (χ1n) is 10.5. The van der Waals surface area contributed by atoms with Crippen molar-refractivity contribution in [3.8, 4) is 5.75 Å². The molecule has 2 fully saturated rings. The van der Waals surface area contributed by atoms with Gasteiger partial charge in [0, 0.05) is 29.5 Å². The van der Waals surface area contributed by atoms with E-state index in [9.17, 15) is 4.79 Å². The predicted octanol–water partition coefficient (Wildman–Crippen LogP) is 4.58. The average molecular weight is 453 g/mol. The third kappa shape index (κ3) is 5.63. The van der Waals surface area contributed by atoms with E-state index in [-0.39, 0.29) is 12.1 Å². The average Bonchev–Trinajstić information content (AvgIpc) is 2.67. The molecule has 156 valence electrons. The Kier molecular flexibility index (Phi) is 7.63. The van der Waals surface area contributed by atoms with Crippen LogP contribution in [0, 0.1) is 11.8 Å². The van der Waals surface area contributed by atoms with Gasteiger partial charge >= 0.3 is 6.09 Å². The van der Waals surface area contributed by atoms with Gasteiger partial charge in [-0.1, -0.05) is 15.9 Å². The Bertz CT molecular complexity index is 659. The van der Waals surface area contributed by atoms with Crippen LogP contribution in [0.15, 0.2) is 22.7 Å². The summed E-state index contributed by atoms with van der Waals surface area (Å²) >= 11 is 3.70. The molecule has 1 unspecified atom stereocenters. The molecule has 0 spiro atoms. The molecule has 6 heteroatoms. The lowest BCUT2D eigenvalue weighted by atomic mass is 9.89. The Balaban J connectivity index is 1.47. The Hall–Kier alpha value is -1.27. The van der Waals surface area contributed by atoms with Crippen LogP contribution in [0.1, 0.15) is 39.2 Å². The van der Waals surface area contributed by atoms with Crippen LogP contribution in [-0.4, -0.2) is 61.3 Å². The van der Waals surface area contributed by atoms with Crippen molar-refractivity contribution in [2.24, 2.45) is 11.8 Å². The molecule has 3 rings (SSSR count). The van der Waals surface area contributed by atoms with Crippen LogP contribution in [0.3, 0.4) is 0 Å². The summed E-state index contributed by atoms with van der Waals surface area (Å²) in [6, 6.07) is 6.50. The minimum Gasteiger partial charge on any atom is -0.494 e. The van der Waals surface area contributed by atoms with Gasteiger partial charge in [0.25, 0.3) is 0 Å². The number of cyclic esters (lactones) is 1. The fourth-order valence-electron chi connectivity index (χ4n) is 4.22. The fraction of sp³-hybridized carbons (Fsp3) is 0.682. The molecule has 2 saturated heterocycles. The summed E-state index contributed by atoms with van der Waals surface area (Å²) in [5.74, 6) is 2.08. The first-order chi connectivity index (χ1) is 13.5. The highest BCUT2D eigenvalue weighted by molar-refractivity contribution is 9.10. The van der Waals surface area contributed by atoms with Crippen molar-refractivity contribution in [3.63, 3.8) is 0 Å². The van der Waals surface area contributed by atoms with E-state index in [1.807, 2.05) is 31.7 Å². The van der Waals surface area contributed by atoms with E-state index >= 15 is 0 Å². The van der Waals surface area contributed by atoms with Gasteiger partial charge in [0.1, 0.15) is 5.75 Å². The van der Waals surface area contributed by atoms with Crippen LogP contribution in [0.5, 0.6) is 5.75 Å². The minimum absolute atomic E-state index is 0.162. The third-order valence-corrected chi connectivity index (χ3v) is 6.59. The van der Waals surface area contributed by atoms with Crippen LogP contribution < -0.4 is 4.74 Å². The monoisotopic (exact) mass is 452 g/mol. The molecule has 28 heavy (non-hydrogen) atoms. The van der Waals surface area contributed by atoms with E-state index in [0.717, 1.165) is 38.3 Å². The third-order valence-electron chi connectivity index (χ3n) is 5.82. The second-order valence-electron chi connectivity index (χ2n) is 8.32. The van der Waals surface area contributed by atoms with Crippen molar-refractivity contribution in [1.82, 2.24) is 9.80 Å². The molecule has 0 saturated carbocycles. The lowest BCUT2D eigenvalue weighted by Gasteiger charge is -2.39. The van der Waals surface area contributed by atoms with Crippen LogP contribution in [-0.2, 0) is 11.2 Å². The zero-order valence-electron chi connectivity index (χ0n) is 17.3. The number of halogens is 1. The quantitative estimate of drug-likeness (QED) is 0.606. The van der Waals surface area contributed by atoms with Gasteiger partial charge in [0.05, 0.1) is 13.2 Å². The Labute approximate surface area is 177 Å². The SMILES string of the molecule is CCOc1ccc(Br)c(CC2CCN(CC3COC(=O)N(C(C)C)C3)CC2)c1. The standard InChI is InChI=1S/C22H33BrN2O3/c1-4-27-20-5-6-21(23)19(12-20)11-17-7-9-24(10-8-17)13-18-14-25(16(2)3)22(26)28-15-18/h5-6,12,16-18H,4,7-11,13-15H2,1-3H3. The van der Waals surface area contributed by atoms with Gasteiger partial charge in [-0.25, -0.2) is 4.79 Å². The first-order valence-corrected chi connectivity index (χ1v) is 11.3. The maximum Gasteiger partial charge on any atom is 0.410 e. The number of amides is 1. The van der Waals surface area contributed by atoms with Gasteiger partial charge in [-0.15, -0.1) is 0 Å². The summed E-state index contributed by atoms with van der Waals surface area (Å²) in [6.45, 7) is 11.5. The van der Waals surface area contributed by atoms with Crippen molar-refractivity contribution >= 4 is 22.0 Å². The van der Waals surface area contributed by atoms with E-state index in [1.165, 1.54) is 22.9 Å². The van der Waals surface area contributed by atoms with Gasteiger partial charge in [0.15, 0.2) is 0 Å². The van der Waals surface area contributed by atoms with Gasteiger partial charge in [-0.3, -0.25) is 0 Å². The zero-order valence-corrected chi connectivity index (χ0v) is 18.9. The largest absolute Gasteiger partial charge is 0.494 e. The molecular weight excluding hydrogens is 420 g/mol. The van der Waals surface area contributed by atoms with E-state index in [4.69, 9.17) is 9.47 Å². The first kappa shape index (κ1) is 21.4. The van der Waals surface area contributed by atoms with Crippen LogP contribution >= 0.6 is 15.9 Å². The van der Waals surface area contributed by atoms with E-state index in [2.05, 4.69) is 33.0 Å². The lowest BCUT2D eigenvalue weighted by molar-refractivity contribution is 0.0171. The number of piperidine rings is 1. The highest BCUT2D eigenvalue weighted by Crippen LogP contribution is 2.29. The molecule has 2 aliphatic rings. The Morgan fingerprint density at radius 3 is 2.68 bits per heavy atom. The van der Waals surface area contributed by atoms with Crippen molar-refractivity contribution in [2.75, 3.05) is 39.4 Å². The maximum atomic E-state index is 11.9. The summed E-state index contributed by atoms with van der Waals surface area (Å²) in [5.41, 5.74) is 1.34. The number of nitrogens with zero attached hydrogens (tertiary/aromatic N) is 2. The highest BCUT2D eigenvalue weighted by atomic mass is 79.9. The number of carbonyl (C=O) groups excluding carboxylic acids is 1. The van der Waals surface area contributed by atoms with Gasteiger partial charge in [-0.05, 0) is 82.8 Å². The second-order valence-corrected chi connectivity index (χ2v) is 9.18. The smallest absolute Gasteiger partial charge is 0.410 e. The van der Waals surface area contributed by atoms with Gasteiger partial charge in [0.2, 0.25) is 0 Å². The predicted molar refractivity (Wildman–Crippen MR) is 115 cm³/mol. The molecule has 0 aromatic heterocycles. The topological polar surface area (TPSA) is 42.0 Å². The number of hydrogen-bond donors (Lipinski definition) is 0. The van der Waals surface area contributed by atoms with E-state index in [0.29, 0.717) is 25.0 Å². The minimum atomic E-state index is -0.162. The number of carbonyl (C=O) groups is 1. The molecule has 0 aliphatic carbocycles. The number of ether oxygens (including phenoxy) is 2. The highest BCUT2D eigenvalue weighted by Gasteiger charge is 2.31. The lowest BCUT2D eigenvalue weighted by Crippen LogP contribution is -2.50. The summed E-state index contributed by atoms with van der Waals surface area (Å²) < 4.78 is 12.2. The molecular formula is C22H33BrN2O3. The summed E-state index contributed by atoms with van der Waals surface area (Å²) in [6.07, 6.45) is 3.36. The number of rotatable bonds is 7. The van der Waals surface area contributed by atoms with Crippen molar-refractivity contribution in [3.05, 3.63) is 28.2 Å². The van der Waals surface area contributed by atoms with Crippen LogP contribution in [0.4, 0.5) is 4.79 Å². The molecule has 2 aliphatic heterocycles. The van der Waals surface area contributed by atoms with Crippen molar-refractivity contribution in [2.45, 2.75) is 46.1 Å². The van der Waals surface area contributed by atoms with E-state index < -0.39 is 0 Å². The van der Waals surface area contributed by atoms with E-state index in [1.54, 1.807) is 0 Å². The van der Waals surface area contributed by atoms with Crippen LogP contribution in [0.2, 0.25) is 0 Å². The molecule has 0 N–H and O–H groups in total. The maximum absolute atomic E-state index is 11.9. The van der Waals surface area contributed by atoms with Crippen molar-refractivity contribution in [1.29, 1.82) is 0 Å². The zero-order chi connectivity index (χ0) is 20.1. The molecule has 1 aromatic rings. The molecule has 1 amide bonds. The molecule has 2 heterocycles. The number of benzene rings is 1. The summed E-state index contributed by atoms with van der Waals surface area (Å²) in [5, 5.41) is 0. The normalized spacial score (nSPS) is 21.8. The molecule has 1 atom stereocenters. The van der Waals surface area contributed by atoms with Crippen molar-refractivity contribution < 1.29 is 14.3 Å². The van der Waals surface area contributed by atoms with Crippen LogP contribution in [0.25, 0.3) is 0 Å². The Morgan fingerprint density at radius 2 is 2.00 bits per heavy atom. The Morgan fingerprint density at radius 1 is 1.25 bits per heavy atom.